The number of hydrogen-bond acceptors (Lipinski definition) is 5. The summed E-state index contributed by atoms with van der Waals surface area (Å²) in [7, 11) is 0. The smallest absolute Gasteiger partial charge is 0.253 e. The predicted octanol–water partition coefficient (Wildman–Crippen LogP) is 3.14. The number of aryl methyl sites for hydroxylation is 1. The Bertz CT molecular complexity index is 586. The van der Waals surface area contributed by atoms with Crippen molar-refractivity contribution in [3.63, 3.8) is 0 Å². The van der Waals surface area contributed by atoms with Crippen LogP contribution in [0.1, 0.15) is 37.6 Å². The Labute approximate surface area is 129 Å². The van der Waals surface area contributed by atoms with E-state index in [0.29, 0.717) is 29.0 Å². The number of nitrogens with zero attached hydrogens (tertiary/aromatic N) is 2. The van der Waals surface area contributed by atoms with Crippen molar-refractivity contribution in [2.24, 2.45) is 5.73 Å². The molecule has 1 atom stereocenters. The van der Waals surface area contributed by atoms with E-state index >= 15 is 0 Å². The van der Waals surface area contributed by atoms with E-state index in [1.165, 1.54) is 0 Å². The van der Waals surface area contributed by atoms with Crippen molar-refractivity contribution < 1.29 is 9.15 Å². The van der Waals surface area contributed by atoms with Crippen molar-refractivity contribution in [2.45, 2.75) is 45.8 Å². The SMILES string of the molecule is CCc1nnc(COc2c(Cl)cccc2CC(N)CC)o1. The zero-order valence-electron chi connectivity index (χ0n) is 12.3. The minimum absolute atomic E-state index is 0.0842. The monoisotopic (exact) mass is 309 g/mol. The van der Waals surface area contributed by atoms with Crippen LogP contribution in [-0.4, -0.2) is 16.2 Å². The molecule has 1 aromatic carbocycles. The summed E-state index contributed by atoms with van der Waals surface area (Å²) >= 11 is 6.22. The highest BCUT2D eigenvalue weighted by atomic mass is 35.5. The van der Waals surface area contributed by atoms with Crippen molar-refractivity contribution in [1.29, 1.82) is 0 Å². The van der Waals surface area contributed by atoms with Gasteiger partial charge >= 0.3 is 0 Å². The summed E-state index contributed by atoms with van der Waals surface area (Å²) in [6, 6.07) is 5.75. The standard InChI is InChI=1S/C15H20ClN3O2/c1-3-11(17)8-10-6-5-7-12(16)15(10)20-9-14-19-18-13(4-2)21-14/h5-7,11H,3-4,8-9,17H2,1-2H3. The molecule has 2 aromatic rings. The van der Waals surface area contributed by atoms with Crippen molar-refractivity contribution in [3.8, 4) is 5.75 Å². The van der Waals surface area contributed by atoms with E-state index in [1.807, 2.05) is 19.1 Å². The lowest BCUT2D eigenvalue weighted by Crippen LogP contribution is -2.21. The fourth-order valence-corrected chi connectivity index (χ4v) is 2.17. The Morgan fingerprint density at radius 3 is 2.71 bits per heavy atom. The van der Waals surface area contributed by atoms with Gasteiger partial charge in [-0.3, -0.25) is 0 Å². The number of ether oxygens (including phenoxy) is 1. The van der Waals surface area contributed by atoms with E-state index in [0.717, 1.165) is 18.4 Å². The van der Waals surface area contributed by atoms with Gasteiger partial charge < -0.3 is 14.9 Å². The predicted molar refractivity (Wildman–Crippen MR) is 81.4 cm³/mol. The fourth-order valence-electron chi connectivity index (χ4n) is 1.93. The number of halogens is 1. The Morgan fingerprint density at radius 2 is 2.05 bits per heavy atom. The van der Waals surface area contributed by atoms with E-state index in [1.54, 1.807) is 6.07 Å². The lowest BCUT2D eigenvalue weighted by atomic mass is 10.0. The molecule has 2 N–H and O–H groups in total. The van der Waals surface area contributed by atoms with Crippen molar-refractivity contribution in [2.75, 3.05) is 0 Å². The average Bonchev–Trinajstić information content (AvgIpc) is 2.94. The van der Waals surface area contributed by atoms with Crippen LogP contribution < -0.4 is 10.5 Å². The second-order valence-electron chi connectivity index (χ2n) is 4.83. The van der Waals surface area contributed by atoms with Gasteiger partial charge in [0.1, 0.15) is 5.75 Å². The van der Waals surface area contributed by atoms with Gasteiger partial charge in [-0.1, -0.05) is 37.6 Å². The maximum Gasteiger partial charge on any atom is 0.253 e. The van der Waals surface area contributed by atoms with Gasteiger partial charge in [-0.2, -0.15) is 0 Å². The zero-order chi connectivity index (χ0) is 15.2. The molecular weight excluding hydrogens is 290 g/mol. The topological polar surface area (TPSA) is 74.2 Å². The minimum Gasteiger partial charge on any atom is -0.482 e. The van der Waals surface area contributed by atoms with Crippen LogP contribution in [0.5, 0.6) is 5.75 Å². The molecule has 1 heterocycles. The maximum atomic E-state index is 6.22. The molecule has 0 saturated carbocycles. The van der Waals surface area contributed by atoms with Crippen LogP contribution in [0.4, 0.5) is 0 Å². The third kappa shape index (κ3) is 4.19. The average molecular weight is 310 g/mol. The summed E-state index contributed by atoms with van der Waals surface area (Å²) < 4.78 is 11.2. The first-order chi connectivity index (χ1) is 10.1. The molecule has 5 nitrogen and oxygen atoms in total. The van der Waals surface area contributed by atoms with E-state index in [-0.39, 0.29) is 12.6 Å². The molecule has 0 amide bonds. The van der Waals surface area contributed by atoms with Crippen molar-refractivity contribution in [1.82, 2.24) is 10.2 Å². The lowest BCUT2D eigenvalue weighted by Gasteiger charge is -2.14. The minimum atomic E-state index is 0.0842. The van der Waals surface area contributed by atoms with Gasteiger partial charge in [0.05, 0.1) is 5.02 Å². The molecule has 0 aliphatic rings. The highest BCUT2D eigenvalue weighted by Gasteiger charge is 2.13. The Hall–Kier alpha value is -1.59. The normalized spacial score (nSPS) is 12.4. The maximum absolute atomic E-state index is 6.22. The molecule has 114 valence electrons. The van der Waals surface area contributed by atoms with E-state index < -0.39 is 0 Å². The zero-order valence-corrected chi connectivity index (χ0v) is 13.1. The van der Waals surface area contributed by atoms with Crippen LogP contribution >= 0.6 is 11.6 Å². The molecule has 0 radical (unpaired) electrons. The van der Waals surface area contributed by atoms with Crippen molar-refractivity contribution in [3.05, 3.63) is 40.6 Å². The highest BCUT2D eigenvalue weighted by Crippen LogP contribution is 2.30. The Balaban J connectivity index is 2.10. The van der Waals surface area contributed by atoms with E-state index in [4.69, 9.17) is 26.5 Å². The van der Waals surface area contributed by atoms with Gasteiger partial charge in [0.15, 0.2) is 6.61 Å². The quantitative estimate of drug-likeness (QED) is 0.850. The van der Waals surface area contributed by atoms with Gasteiger partial charge in [-0.05, 0) is 24.5 Å². The number of rotatable bonds is 7. The van der Waals surface area contributed by atoms with Crippen LogP contribution in [0.3, 0.4) is 0 Å². The summed E-state index contributed by atoms with van der Waals surface area (Å²) in [6.07, 6.45) is 2.32. The fraction of sp³-hybridized carbons (Fsp3) is 0.467. The number of nitrogens with two attached hydrogens (primary N) is 1. The van der Waals surface area contributed by atoms with E-state index in [9.17, 15) is 0 Å². The Morgan fingerprint density at radius 1 is 1.29 bits per heavy atom. The third-order valence-electron chi connectivity index (χ3n) is 3.21. The summed E-state index contributed by atoms with van der Waals surface area (Å²) in [4.78, 5) is 0. The first kappa shape index (κ1) is 15.8. The summed E-state index contributed by atoms with van der Waals surface area (Å²) in [5.74, 6) is 1.68. The molecule has 0 bridgehead atoms. The number of para-hydroxylation sites is 1. The van der Waals surface area contributed by atoms with Gasteiger partial charge in [-0.15, -0.1) is 10.2 Å². The van der Waals surface area contributed by atoms with Gasteiger partial charge in [0, 0.05) is 12.5 Å². The summed E-state index contributed by atoms with van der Waals surface area (Å²) in [5, 5.41) is 8.39. The molecule has 0 saturated heterocycles. The molecule has 1 unspecified atom stereocenters. The van der Waals surface area contributed by atoms with Crippen LogP contribution in [0.15, 0.2) is 22.6 Å². The van der Waals surface area contributed by atoms with Gasteiger partial charge in [-0.25, -0.2) is 0 Å². The van der Waals surface area contributed by atoms with Crippen molar-refractivity contribution >= 4 is 11.6 Å². The second-order valence-corrected chi connectivity index (χ2v) is 5.24. The highest BCUT2D eigenvalue weighted by molar-refractivity contribution is 6.32. The molecule has 6 heteroatoms. The molecule has 21 heavy (non-hydrogen) atoms. The van der Waals surface area contributed by atoms with Crippen LogP contribution in [0.25, 0.3) is 0 Å². The first-order valence-corrected chi connectivity index (χ1v) is 7.48. The van der Waals surface area contributed by atoms with Crippen LogP contribution in [0, 0.1) is 0 Å². The Kier molecular flexibility index (Phi) is 5.59. The van der Waals surface area contributed by atoms with Gasteiger partial charge in [0.2, 0.25) is 5.89 Å². The number of aromatic nitrogens is 2. The molecule has 0 spiro atoms. The third-order valence-corrected chi connectivity index (χ3v) is 3.50. The molecule has 0 fully saturated rings. The molecular formula is C15H20ClN3O2. The van der Waals surface area contributed by atoms with E-state index in [2.05, 4.69) is 17.1 Å². The molecule has 2 rings (SSSR count). The number of hydrogen-bond donors (Lipinski definition) is 1. The molecule has 1 aromatic heterocycles. The summed E-state index contributed by atoms with van der Waals surface area (Å²) in [6.45, 7) is 4.21. The first-order valence-electron chi connectivity index (χ1n) is 7.11. The molecule has 0 aliphatic carbocycles. The molecule has 0 aliphatic heterocycles. The number of benzene rings is 1. The lowest BCUT2D eigenvalue weighted by molar-refractivity contribution is 0.256. The largest absolute Gasteiger partial charge is 0.482 e. The second kappa shape index (κ2) is 7.43. The summed E-state index contributed by atoms with van der Waals surface area (Å²) in [5.41, 5.74) is 7.01. The van der Waals surface area contributed by atoms with Crippen LogP contribution in [-0.2, 0) is 19.4 Å². The van der Waals surface area contributed by atoms with Crippen LogP contribution in [0.2, 0.25) is 5.02 Å². The van der Waals surface area contributed by atoms with Gasteiger partial charge in [0.25, 0.3) is 5.89 Å².